The Bertz CT molecular complexity index is 321. The molecular formula is C16H32ClN3O. The Labute approximate surface area is 135 Å². The SMILES string of the molecule is CC1CCCN(CC(=O)N(C)C2CCCCC2)C1CN.Cl. The molecule has 0 radical (unpaired) electrons. The van der Waals surface area contributed by atoms with Gasteiger partial charge < -0.3 is 10.6 Å². The predicted molar refractivity (Wildman–Crippen MR) is 89.7 cm³/mol. The fraction of sp³-hybridized carbons (Fsp3) is 0.938. The molecule has 4 nitrogen and oxygen atoms in total. The van der Waals surface area contributed by atoms with Crippen LogP contribution in [0.25, 0.3) is 0 Å². The van der Waals surface area contributed by atoms with E-state index in [1.54, 1.807) is 0 Å². The molecule has 0 aromatic heterocycles. The number of hydrogen-bond donors (Lipinski definition) is 1. The number of amides is 1. The molecule has 1 amide bonds. The second-order valence-electron chi connectivity index (χ2n) is 6.69. The first kappa shape index (κ1) is 18.7. The standard InChI is InChI=1S/C16H31N3O.ClH/c1-13-7-6-10-19(15(13)11-17)12-16(20)18(2)14-8-4-3-5-9-14;/h13-15H,3-12,17H2,1-2H3;1H. The smallest absolute Gasteiger partial charge is 0.236 e. The minimum atomic E-state index is 0. The minimum Gasteiger partial charge on any atom is -0.342 e. The zero-order chi connectivity index (χ0) is 14.5. The van der Waals surface area contributed by atoms with Gasteiger partial charge in [0.15, 0.2) is 0 Å². The van der Waals surface area contributed by atoms with E-state index in [2.05, 4.69) is 11.8 Å². The van der Waals surface area contributed by atoms with E-state index in [1.165, 1.54) is 44.9 Å². The lowest BCUT2D eigenvalue weighted by Gasteiger charge is -2.40. The molecule has 1 saturated heterocycles. The van der Waals surface area contributed by atoms with Crippen molar-refractivity contribution in [2.75, 3.05) is 26.7 Å². The van der Waals surface area contributed by atoms with Gasteiger partial charge in [0.25, 0.3) is 0 Å². The summed E-state index contributed by atoms with van der Waals surface area (Å²) in [6.45, 7) is 4.51. The maximum atomic E-state index is 12.5. The van der Waals surface area contributed by atoms with Crippen LogP contribution in [0.4, 0.5) is 0 Å². The lowest BCUT2D eigenvalue weighted by Crippen LogP contribution is -2.53. The van der Waals surface area contributed by atoms with Crippen molar-refractivity contribution in [2.45, 2.75) is 64.0 Å². The monoisotopic (exact) mass is 317 g/mol. The molecule has 0 bridgehead atoms. The molecule has 1 heterocycles. The van der Waals surface area contributed by atoms with Crippen molar-refractivity contribution in [3.63, 3.8) is 0 Å². The molecule has 0 spiro atoms. The van der Waals surface area contributed by atoms with E-state index in [0.29, 0.717) is 31.1 Å². The molecule has 2 rings (SSSR count). The van der Waals surface area contributed by atoms with Crippen molar-refractivity contribution in [1.82, 2.24) is 9.80 Å². The molecule has 1 aliphatic carbocycles. The van der Waals surface area contributed by atoms with Gasteiger partial charge in [-0.1, -0.05) is 26.2 Å². The summed E-state index contributed by atoms with van der Waals surface area (Å²) in [7, 11) is 1.99. The Morgan fingerprint density at radius 2 is 1.86 bits per heavy atom. The first-order chi connectivity index (χ1) is 9.63. The Morgan fingerprint density at radius 1 is 1.19 bits per heavy atom. The van der Waals surface area contributed by atoms with Crippen molar-refractivity contribution >= 4 is 18.3 Å². The van der Waals surface area contributed by atoms with Crippen LogP contribution in [0.3, 0.4) is 0 Å². The highest BCUT2D eigenvalue weighted by atomic mass is 35.5. The molecule has 2 fully saturated rings. The topological polar surface area (TPSA) is 49.6 Å². The van der Waals surface area contributed by atoms with Gasteiger partial charge in [-0.25, -0.2) is 0 Å². The molecule has 21 heavy (non-hydrogen) atoms. The lowest BCUT2D eigenvalue weighted by atomic mass is 9.90. The second kappa shape index (κ2) is 8.96. The summed E-state index contributed by atoms with van der Waals surface area (Å²) in [5.41, 5.74) is 5.91. The van der Waals surface area contributed by atoms with Crippen LogP contribution in [-0.4, -0.2) is 54.5 Å². The average molecular weight is 318 g/mol. The number of likely N-dealkylation sites (tertiary alicyclic amines) is 1. The van der Waals surface area contributed by atoms with E-state index in [0.717, 1.165) is 6.54 Å². The van der Waals surface area contributed by atoms with Crippen LogP contribution in [0.2, 0.25) is 0 Å². The van der Waals surface area contributed by atoms with Crippen molar-refractivity contribution < 1.29 is 4.79 Å². The summed E-state index contributed by atoms with van der Waals surface area (Å²) >= 11 is 0. The molecule has 2 unspecified atom stereocenters. The number of piperidine rings is 1. The van der Waals surface area contributed by atoms with Crippen molar-refractivity contribution in [3.05, 3.63) is 0 Å². The van der Waals surface area contributed by atoms with Crippen LogP contribution in [0.5, 0.6) is 0 Å². The van der Waals surface area contributed by atoms with E-state index in [9.17, 15) is 4.79 Å². The molecule has 1 aliphatic heterocycles. The molecule has 124 valence electrons. The highest BCUT2D eigenvalue weighted by molar-refractivity contribution is 5.85. The number of likely N-dealkylation sites (N-methyl/N-ethyl adjacent to an activating group) is 1. The molecule has 2 N–H and O–H groups in total. The van der Waals surface area contributed by atoms with Crippen LogP contribution in [0.15, 0.2) is 0 Å². The minimum absolute atomic E-state index is 0. The van der Waals surface area contributed by atoms with Crippen molar-refractivity contribution in [1.29, 1.82) is 0 Å². The number of rotatable bonds is 4. The van der Waals surface area contributed by atoms with Crippen molar-refractivity contribution in [2.24, 2.45) is 11.7 Å². The first-order valence-corrected chi connectivity index (χ1v) is 8.33. The molecule has 0 aromatic carbocycles. The van der Waals surface area contributed by atoms with Crippen LogP contribution in [-0.2, 0) is 4.79 Å². The van der Waals surface area contributed by atoms with Crippen LogP contribution in [0, 0.1) is 5.92 Å². The molecule has 1 saturated carbocycles. The number of carbonyl (C=O) groups excluding carboxylic acids is 1. The maximum absolute atomic E-state index is 12.5. The number of nitrogens with zero attached hydrogens (tertiary/aromatic N) is 2. The zero-order valence-electron chi connectivity index (χ0n) is 13.6. The van der Waals surface area contributed by atoms with E-state index in [1.807, 2.05) is 11.9 Å². The first-order valence-electron chi connectivity index (χ1n) is 8.33. The average Bonchev–Trinajstić information content (AvgIpc) is 2.47. The van der Waals surface area contributed by atoms with E-state index < -0.39 is 0 Å². The highest BCUT2D eigenvalue weighted by Crippen LogP contribution is 2.24. The Balaban J connectivity index is 0.00000220. The van der Waals surface area contributed by atoms with Crippen LogP contribution in [0.1, 0.15) is 51.9 Å². The fourth-order valence-corrected chi connectivity index (χ4v) is 3.87. The largest absolute Gasteiger partial charge is 0.342 e. The zero-order valence-corrected chi connectivity index (χ0v) is 14.4. The van der Waals surface area contributed by atoms with Gasteiger partial charge in [0.1, 0.15) is 0 Å². The highest BCUT2D eigenvalue weighted by Gasteiger charge is 2.30. The van der Waals surface area contributed by atoms with Gasteiger partial charge in [0, 0.05) is 25.7 Å². The predicted octanol–water partition coefficient (Wildman–Crippen LogP) is 2.26. The van der Waals surface area contributed by atoms with Crippen LogP contribution < -0.4 is 5.73 Å². The summed E-state index contributed by atoms with van der Waals surface area (Å²) in [4.78, 5) is 16.8. The summed E-state index contributed by atoms with van der Waals surface area (Å²) < 4.78 is 0. The van der Waals surface area contributed by atoms with Gasteiger partial charge >= 0.3 is 0 Å². The third kappa shape index (κ3) is 4.83. The molecule has 0 aromatic rings. The van der Waals surface area contributed by atoms with Gasteiger partial charge in [-0.3, -0.25) is 9.69 Å². The normalized spacial score (nSPS) is 28.0. The van der Waals surface area contributed by atoms with Gasteiger partial charge in [0.2, 0.25) is 5.91 Å². The molecule has 2 aliphatic rings. The summed E-state index contributed by atoms with van der Waals surface area (Å²) in [6, 6.07) is 0.849. The van der Waals surface area contributed by atoms with Gasteiger partial charge in [-0.2, -0.15) is 0 Å². The second-order valence-corrected chi connectivity index (χ2v) is 6.69. The summed E-state index contributed by atoms with van der Waals surface area (Å²) in [5, 5.41) is 0. The Kier molecular flexibility index (Phi) is 7.99. The number of hydrogen-bond acceptors (Lipinski definition) is 3. The van der Waals surface area contributed by atoms with Crippen LogP contribution >= 0.6 is 12.4 Å². The maximum Gasteiger partial charge on any atom is 0.236 e. The number of carbonyl (C=O) groups is 1. The summed E-state index contributed by atoms with van der Waals surface area (Å²) in [5.74, 6) is 0.894. The van der Waals surface area contributed by atoms with Gasteiger partial charge in [0.05, 0.1) is 6.54 Å². The third-order valence-corrected chi connectivity index (χ3v) is 5.33. The quantitative estimate of drug-likeness (QED) is 0.865. The lowest BCUT2D eigenvalue weighted by molar-refractivity contribution is -0.135. The molecule has 2 atom stereocenters. The van der Waals surface area contributed by atoms with Crippen molar-refractivity contribution in [3.8, 4) is 0 Å². The Morgan fingerprint density at radius 3 is 2.48 bits per heavy atom. The number of nitrogens with two attached hydrogens (primary N) is 1. The Hall–Kier alpha value is -0.320. The summed E-state index contributed by atoms with van der Waals surface area (Å²) in [6.07, 6.45) is 8.67. The van der Waals surface area contributed by atoms with E-state index in [-0.39, 0.29) is 18.3 Å². The molecule has 5 heteroatoms. The van der Waals surface area contributed by atoms with E-state index in [4.69, 9.17) is 5.73 Å². The number of halogens is 1. The van der Waals surface area contributed by atoms with E-state index >= 15 is 0 Å². The third-order valence-electron chi connectivity index (χ3n) is 5.33. The van der Waals surface area contributed by atoms with Gasteiger partial charge in [-0.15, -0.1) is 12.4 Å². The van der Waals surface area contributed by atoms with Gasteiger partial charge in [-0.05, 0) is 38.1 Å². The fourth-order valence-electron chi connectivity index (χ4n) is 3.87. The molecular weight excluding hydrogens is 286 g/mol.